The largest absolute Gasteiger partial charge is 0.492 e. The second kappa shape index (κ2) is 10.1. The highest BCUT2D eigenvalue weighted by molar-refractivity contribution is 9.10. The summed E-state index contributed by atoms with van der Waals surface area (Å²) in [5, 5.41) is 6.33. The molecule has 0 bridgehead atoms. The summed E-state index contributed by atoms with van der Waals surface area (Å²) in [4.78, 5) is 23.3. The Kier molecular flexibility index (Phi) is 7.87. The van der Waals surface area contributed by atoms with Gasteiger partial charge in [0.15, 0.2) is 0 Å². The van der Waals surface area contributed by atoms with E-state index in [1.165, 1.54) is 6.21 Å². The van der Waals surface area contributed by atoms with Crippen LogP contribution in [0.3, 0.4) is 0 Å². The molecule has 0 spiro atoms. The van der Waals surface area contributed by atoms with Crippen LogP contribution in [0.4, 0.5) is 0 Å². The molecule has 1 heterocycles. The van der Waals surface area contributed by atoms with E-state index in [2.05, 4.69) is 31.8 Å². The summed E-state index contributed by atoms with van der Waals surface area (Å²) in [6, 6.07) is 5.44. The van der Waals surface area contributed by atoms with E-state index < -0.39 is 11.8 Å². The molecular weight excluding hydrogens is 390 g/mol. The number of hydrogen-bond donors (Lipinski definition) is 2. The lowest BCUT2D eigenvalue weighted by Gasteiger charge is -2.09. The summed E-state index contributed by atoms with van der Waals surface area (Å²) in [5.41, 5.74) is 2.97. The summed E-state index contributed by atoms with van der Waals surface area (Å²) in [6.07, 6.45) is 4.25. The highest BCUT2D eigenvalue weighted by atomic mass is 79.9. The zero-order valence-electron chi connectivity index (χ0n) is 14.1. The third-order valence-electron chi connectivity index (χ3n) is 3.52. The van der Waals surface area contributed by atoms with Gasteiger partial charge < -0.3 is 14.8 Å². The van der Waals surface area contributed by atoms with Gasteiger partial charge in [0.2, 0.25) is 0 Å². The molecule has 0 radical (unpaired) electrons. The predicted molar refractivity (Wildman–Crippen MR) is 97.6 cm³/mol. The van der Waals surface area contributed by atoms with Gasteiger partial charge in [0, 0.05) is 13.2 Å². The van der Waals surface area contributed by atoms with E-state index in [4.69, 9.17) is 9.47 Å². The topological polar surface area (TPSA) is 89.0 Å². The molecule has 1 aromatic rings. The van der Waals surface area contributed by atoms with Crippen LogP contribution < -0.4 is 15.5 Å². The average molecular weight is 412 g/mol. The molecule has 1 atom stereocenters. The first-order valence-corrected chi connectivity index (χ1v) is 9.04. The second-order valence-corrected chi connectivity index (χ2v) is 6.44. The number of nitrogens with one attached hydrogen (secondary N) is 2. The summed E-state index contributed by atoms with van der Waals surface area (Å²) in [7, 11) is 0. The van der Waals surface area contributed by atoms with Crippen LogP contribution in [0, 0.1) is 0 Å². The van der Waals surface area contributed by atoms with Crippen LogP contribution in [0.5, 0.6) is 5.75 Å². The number of benzene rings is 1. The van der Waals surface area contributed by atoms with Crippen LogP contribution in [0.1, 0.15) is 31.7 Å². The minimum Gasteiger partial charge on any atom is -0.492 e. The maximum atomic E-state index is 11.7. The fraction of sp³-hybridized carbons (Fsp3) is 0.471. The van der Waals surface area contributed by atoms with Gasteiger partial charge in [0.25, 0.3) is 0 Å². The fourth-order valence-electron chi connectivity index (χ4n) is 2.23. The number of carbonyl (C=O) groups excluding carboxylic acids is 2. The van der Waals surface area contributed by atoms with E-state index in [0.29, 0.717) is 19.8 Å². The highest BCUT2D eigenvalue weighted by Gasteiger charge is 2.18. The number of carbonyl (C=O) groups is 2. The molecule has 1 aliphatic rings. The van der Waals surface area contributed by atoms with Crippen molar-refractivity contribution in [3.63, 3.8) is 0 Å². The highest BCUT2D eigenvalue weighted by Crippen LogP contribution is 2.25. The quantitative estimate of drug-likeness (QED) is 0.407. The standard InChI is InChI=1S/C17H22BrN3O4/c1-2-7-25-15-6-5-12(9-14(15)18)10-20-21-17(23)16(22)19-11-13-4-3-8-24-13/h5-6,9-10,13H,2-4,7-8,11H2,1H3,(H,19,22)(H,21,23)/b20-10-/t13-/m1/s1. The van der Waals surface area contributed by atoms with Crippen molar-refractivity contribution in [3.05, 3.63) is 28.2 Å². The monoisotopic (exact) mass is 411 g/mol. The Bertz CT molecular complexity index is 630. The fourth-order valence-corrected chi connectivity index (χ4v) is 2.75. The first-order chi connectivity index (χ1) is 12.1. The molecule has 1 saturated heterocycles. The molecule has 1 fully saturated rings. The van der Waals surface area contributed by atoms with Crippen molar-refractivity contribution in [1.82, 2.24) is 10.7 Å². The van der Waals surface area contributed by atoms with Gasteiger partial charge in [-0.15, -0.1) is 0 Å². The predicted octanol–water partition coefficient (Wildman–Crippen LogP) is 1.98. The number of hydrazone groups is 1. The number of amides is 2. The Balaban J connectivity index is 1.78. The molecule has 0 unspecified atom stereocenters. The van der Waals surface area contributed by atoms with Crippen molar-refractivity contribution in [2.24, 2.45) is 5.10 Å². The molecule has 1 aliphatic heterocycles. The molecule has 0 aromatic heterocycles. The number of halogens is 1. The Labute approximate surface area is 155 Å². The molecule has 0 saturated carbocycles. The van der Waals surface area contributed by atoms with E-state index in [9.17, 15) is 9.59 Å². The normalized spacial score (nSPS) is 16.8. The van der Waals surface area contributed by atoms with Gasteiger partial charge in [0.1, 0.15) is 5.75 Å². The second-order valence-electron chi connectivity index (χ2n) is 5.58. The molecule has 2 rings (SSSR count). The van der Waals surface area contributed by atoms with Crippen molar-refractivity contribution >= 4 is 34.0 Å². The SMILES string of the molecule is CCCOc1ccc(/C=N\NC(=O)C(=O)NC[C@H]2CCCO2)cc1Br. The van der Waals surface area contributed by atoms with Gasteiger partial charge >= 0.3 is 11.8 Å². The van der Waals surface area contributed by atoms with Crippen molar-refractivity contribution in [2.75, 3.05) is 19.8 Å². The van der Waals surface area contributed by atoms with E-state index in [1.54, 1.807) is 0 Å². The van der Waals surface area contributed by atoms with Crippen molar-refractivity contribution < 1.29 is 19.1 Å². The average Bonchev–Trinajstić information content (AvgIpc) is 3.12. The van der Waals surface area contributed by atoms with Gasteiger partial charge in [0.05, 0.1) is 23.4 Å². The van der Waals surface area contributed by atoms with Crippen LogP contribution in [0.15, 0.2) is 27.8 Å². The van der Waals surface area contributed by atoms with Crippen LogP contribution in [-0.2, 0) is 14.3 Å². The number of nitrogens with zero attached hydrogens (tertiary/aromatic N) is 1. The molecule has 2 amide bonds. The molecule has 2 N–H and O–H groups in total. The van der Waals surface area contributed by atoms with E-state index >= 15 is 0 Å². The third-order valence-corrected chi connectivity index (χ3v) is 4.14. The lowest BCUT2D eigenvalue weighted by Crippen LogP contribution is -2.41. The zero-order chi connectivity index (χ0) is 18.1. The molecule has 0 aliphatic carbocycles. The van der Waals surface area contributed by atoms with Gasteiger partial charge in [-0.1, -0.05) is 6.92 Å². The van der Waals surface area contributed by atoms with E-state index in [1.807, 2.05) is 25.1 Å². The first-order valence-electron chi connectivity index (χ1n) is 8.25. The van der Waals surface area contributed by atoms with Gasteiger partial charge in [-0.05, 0) is 59.0 Å². The maximum Gasteiger partial charge on any atom is 0.329 e. The summed E-state index contributed by atoms with van der Waals surface area (Å²) < 4.78 is 11.7. The summed E-state index contributed by atoms with van der Waals surface area (Å²) in [5.74, 6) is -0.787. The van der Waals surface area contributed by atoms with Crippen LogP contribution in [0.2, 0.25) is 0 Å². The molecule has 136 valence electrons. The molecule has 1 aromatic carbocycles. The van der Waals surface area contributed by atoms with Crippen LogP contribution in [-0.4, -0.2) is 43.9 Å². The zero-order valence-corrected chi connectivity index (χ0v) is 15.7. The smallest absolute Gasteiger partial charge is 0.329 e. The molecule has 8 heteroatoms. The maximum absolute atomic E-state index is 11.7. The lowest BCUT2D eigenvalue weighted by molar-refractivity contribution is -0.139. The number of hydrogen-bond acceptors (Lipinski definition) is 5. The number of rotatable bonds is 7. The van der Waals surface area contributed by atoms with Crippen molar-refractivity contribution in [1.29, 1.82) is 0 Å². The molecule has 25 heavy (non-hydrogen) atoms. The molecule has 7 nitrogen and oxygen atoms in total. The number of ether oxygens (including phenoxy) is 2. The van der Waals surface area contributed by atoms with E-state index in [0.717, 1.165) is 35.0 Å². The van der Waals surface area contributed by atoms with Gasteiger partial charge in [-0.25, -0.2) is 5.43 Å². The lowest BCUT2D eigenvalue weighted by atomic mass is 10.2. The Morgan fingerprint density at radius 1 is 1.44 bits per heavy atom. The minimum absolute atomic E-state index is 0.00829. The Morgan fingerprint density at radius 2 is 2.28 bits per heavy atom. The Morgan fingerprint density at radius 3 is 2.96 bits per heavy atom. The minimum atomic E-state index is -0.809. The van der Waals surface area contributed by atoms with Crippen molar-refractivity contribution in [2.45, 2.75) is 32.3 Å². The van der Waals surface area contributed by atoms with Gasteiger partial charge in [-0.3, -0.25) is 9.59 Å². The van der Waals surface area contributed by atoms with Gasteiger partial charge in [-0.2, -0.15) is 5.10 Å². The van der Waals surface area contributed by atoms with E-state index in [-0.39, 0.29) is 6.10 Å². The molecular formula is C17H22BrN3O4. The summed E-state index contributed by atoms with van der Waals surface area (Å²) in [6.45, 7) is 3.72. The van der Waals surface area contributed by atoms with Crippen molar-refractivity contribution in [3.8, 4) is 5.75 Å². The Hall–Kier alpha value is -1.93. The summed E-state index contributed by atoms with van der Waals surface area (Å²) >= 11 is 3.42. The first kappa shape index (κ1) is 19.4. The third kappa shape index (κ3) is 6.47. The van der Waals surface area contributed by atoms with Crippen LogP contribution >= 0.6 is 15.9 Å². The van der Waals surface area contributed by atoms with Crippen LogP contribution in [0.25, 0.3) is 0 Å².